The zero-order chi connectivity index (χ0) is 17.4. The molecule has 0 fully saturated rings. The summed E-state index contributed by atoms with van der Waals surface area (Å²) >= 11 is 0. The van der Waals surface area contributed by atoms with Gasteiger partial charge in [-0.05, 0) is 24.6 Å². The minimum absolute atomic E-state index is 0.319. The molecule has 2 rings (SSSR count). The van der Waals surface area contributed by atoms with E-state index in [9.17, 15) is 13.0 Å². The number of para-hydroxylation sites is 1. The van der Waals surface area contributed by atoms with Crippen molar-refractivity contribution in [3.05, 3.63) is 60.4 Å². The highest BCUT2D eigenvalue weighted by molar-refractivity contribution is 7.85. The number of aromatic nitrogens is 1. The Hall–Kier alpha value is -2.25. The first-order valence-electron chi connectivity index (χ1n) is 7.70. The molecule has 24 heavy (non-hydrogen) atoms. The summed E-state index contributed by atoms with van der Waals surface area (Å²) in [6.45, 7) is 0.632. The van der Waals surface area contributed by atoms with Crippen LogP contribution in [0.4, 0.5) is 5.69 Å². The van der Waals surface area contributed by atoms with Gasteiger partial charge in [0.05, 0.1) is 15.8 Å². The van der Waals surface area contributed by atoms with Crippen LogP contribution in [0, 0.1) is 0 Å². The van der Waals surface area contributed by atoms with Crippen LogP contribution in [0.2, 0.25) is 0 Å². The van der Waals surface area contributed by atoms with Gasteiger partial charge in [-0.2, -0.15) is 9.67 Å². The SMILES string of the molecule is CN(N=Cc1cccc[n+]1CCCCS(=O)(=O)[O-])c1ccccc1. The lowest BCUT2D eigenvalue weighted by atomic mass is 10.3. The fourth-order valence-corrected chi connectivity index (χ4v) is 2.79. The molecule has 0 aliphatic carbocycles. The largest absolute Gasteiger partial charge is 0.748 e. The van der Waals surface area contributed by atoms with E-state index in [0.717, 1.165) is 11.4 Å². The van der Waals surface area contributed by atoms with Crippen LogP contribution in [0.3, 0.4) is 0 Å². The predicted octanol–water partition coefficient (Wildman–Crippen LogP) is 1.77. The number of pyridine rings is 1. The molecule has 6 nitrogen and oxygen atoms in total. The van der Waals surface area contributed by atoms with Crippen molar-refractivity contribution in [1.82, 2.24) is 0 Å². The number of hydrazone groups is 1. The lowest BCUT2D eigenvalue weighted by Crippen LogP contribution is -2.38. The summed E-state index contributed by atoms with van der Waals surface area (Å²) in [6.07, 6.45) is 4.65. The molecular weight excluding hydrogens is 326 g/mol. The Labute approximate surface area is 142 Å². The quantitative estimate of drug-likeness (QED) is 0.240. The van der Waals surface area contributed by atoms with E-state index in [-0.39, 0.29) is 5.75 Å². The lowest BCUT2D eigenvalue weighted by Gasteiger charge is -2.11. The molecule has 0 aliphatic heterocycles. The standard InChI is InChI=1S/C17H21N3O3S/c1-19(16-9-3-2-4-10-16)18-15-17-11-5-6-12-20(17)13-7-8-14-24(21,22)23/h2-6,9-12,15H,7-8,13-14H2,1H3. The molecule has 128 valence electrons. The van der Waals surface area contributed by atoms with Crippen molar-refractivity contribution in [2.24, 2.45) is 5.10 Å². The van der Waals surface area contributed by atoms with Crippen LogP contribution in [0.1, 0.15) is 18.5 Å². The summed E-state index contributed by atoms with van der Waals surface area (Å²) in [4.78, 5) is 0. The number of rotatable bonds is 8. The fourth-order valence-electron chi connectivity index (χ4n) is 2.23. The molecule has 0 bridgehead atoms. The first-order chi connectivity index (χ1) is 11.5. The van der Waals surface area contributed by atoms with E-state index in [4.69, 9.17) is 0 Å². The van der Waals surface area contributed by atoms with Crippen LogP contribution in [-0.2, 0) is 16.7 Å². The van der Waals surface area contributed by atoms with E-state index in [1.807, 2.05) is 66.3 Å². The van der Waals surface area contributed by atoms with Gasteiger partial charge in [0.15, 0.2) is 6.20 Å². The van der Waals surface area contributed by atoms with Gasteiger partial charge in [0, 0.05) is 31.4 Å². The van der Waals surface area contributed by atoms with E-state index in [1.165, 1.54) is 0 Å². The molecule has 1 aromatic heterocycles. The molecule has 0 amide bonds. The summed E-state index contributed by atoms with van der Waals surface area (Å²) in [5, 5.41) is 6.21. The third-order valence-corrected chi connectivity index (χ3v) is 4.30. The number of nitrogens with zero attached hydrogens (tertiary/aromatic N) is 3. The van der Waals surface area contributed by atoms with Gasteiger partial charge in [0.1, 0.15) is 12.8 Å². The molecule has 2 aromatic rings. The van der Waals surface area contributed by atoms with Gasteiger partial charge >= 0.3 is 0 Å². The van der Waals surface area contributed by atoms with Crippen molar-refractivity contribution >= 4 is 22.0 Å². The van der Waals surface area contributed by atoms with Crippen molar-refractivity contribution in [3.63, 3.8) is 0 Å². The summed E-state index contributed by atoms with van der Waals surface area (Å²) in [5.74, 6) is -0.319. The number of benzene rings is 1. The van der Waals surface area contributed by atoms with Gasteiger partial charge in [0.2, 0.25) is 5.69 Å². The zero-order valence-electron chi connectivity index (χ0n) is 13.6. The first-order valence-corrected chi connectivity index (χ1v) is 9.28. The molecule has 0 atom stereocenters. The second-order valence-electron chi connectivity index (χ2n) is 5.39. The molecule has 7 heteroatoms. The number of aryl methyl sites for hydroxylation is 1. The maximum atomic E-state index is 10.6. The van der Waals surface area contributed by atoms with E-state index in [2.05, 4.69) is 5.10 Å². The van der Waals surface area contributed by atoms with Gasteiger partial charge in [-0.25, -0.2) is 8.42 Å². The number of hydrogen-bond donors (Lipinski definition) is 0. The highest BCUT2D eigenvalue weighted by Gasteiger charge is 2.08. The molecule has 0 saturated carbocycles. The van der Waals surface area contributed by atoms with Crippen molar-refractivity contribution in [2.45, 2.75) is 19.4 Å². The number of anilines is 1. The normalized spacial score (nSPS) is 11.8. The summed E-state index contributed by atoms with van der Waals surface area (Å²) in [7, 11) is -2.26. The van der Waals surface area contributed by atoms with Crippen LogP contribution in [0.5, 0.6) is 0 Å². The summed E-state index contributed by atoms with van der Waals surface area (Å²) < 4.78 is 33.9. The van der Waals surface area contributed by atoms with Crippen LogP contribution in [0.15, 0.2) is 59.8 Å². The van der Waals surface area contributed by atoms with Crippen LogP contribution < -0.4 is 9.58 Å². The Kier molecular flexibility index (Phi) is 6.45. The number of unbranched alkanes of at least 4 members (excludes halogenated alkanes) is 1. The Morgan fingerprint density at radius 2 is 1.83 bits per heavy atom. The van der Waals surface area contributed by atoms with Crippen molar-refractivity contribution in [2.75, 3.05) is 17.8 Å². The van der Waals surface area contributed by atoms with Crippen LogP contribution in [0.25, 0.3) is 0 Å². The average molecular weight is 347 g/mol. The Balaban J connectivity index is 1.99. The van der Waals surface area contributed by atoms with E-state index in [0.29, 0.717) is 19.4 Å². The third kappa shape index (κ3) is 6.10. The second-order valence-corrected chi connectivity index (χ2v) is 6.92. The van der Waals surface area contributed by atoms with Crippen LogP contribution >= 0.6 is 0 Å². The van der Waals surface area contributed by atoms with Gasteiger partial charge < -0.3 is 4.55 Å². The maximum Gasteiger partial charge on any atom is 0.225 e. The zero-order valence-corrected chi connectivity index (χ0v) is 14.4. The third-order valence-electron chi connectivity index (χ3n) is 3.51. The van der Waals surface area contributed by atoms with E-state index >= 15 is 0 Å². The molecule has 1 aromatic carbocycles. The predicted molar refractivity (Wildman–Crippen MR) is 92.9 cm³/mol. The fraction of sp³-hybridized carbons (Fsp3) is 0.294. The van der Waals surface area contributed by atoms with Crippen molar-refractivity contribution < 1.29 is 17.5 Å². The smallest absolute Gasteiger partial charge is 0.225 e. The maximum absolute atomic E-state index is 10.6. The molecule has 0 radical (unpaired) electrons. The number of hydrogen-bond acceptors (Lipinski definition) is 5. The van der Waals surface area contributed by atoms with E-state index < -0.39 is 10.1 Å². The Bertz CT molecular complexity index is 777. The van der Waals surface area contributed by atoms with Crippen molar-refractivity contribution in [3.8, 4) is 0 Å². The van der Waals surface area contributed by atoms with Crippen LogP contribution in [-0.4, -0.2) is 32.0 Å². The highest BCUT2D eigenvalue weighted by Crippen LogP contribution is 2.10. The first kappa shape index (κ1) is 18.1. The molecule has 1 heterocycles. The topological polar surface area (TPSA) is 76.7 Å². The Morgan fingerprint density at radius 3 is 2.54 bits per heavy atom. The summed E-state index contributed by atoms with van der Waals surface area (Å²) in [5.41, 5.74) is 1.89. The molecular formula is C17H21N3O3S. The monoisotopic (exact) mass is 347 g/mol. The molecule has 0 unspecified atom stereocenters. The minimum Gasteiger partial charge on any atom is -0.748 e. The molecule has 0 saturated heterocycles. The average Bonchev–Trinajstić information content (AvgIpc) is 2.57. The van der Waals surface area contributed by atoms with Gasteiger partial charge in [-0.3, -0.25) is 5.01 Å². The van der Waals surface area contributed by atoms with Crippen molar-refractivity contribution in [1.29, 1.82) is 0 Å². The summed E-state index contributed by atoms with van der Waals surface area (Å²) in [6, 6.07) is 15.6. The molecule has 0 aliphatic rings. The van der Waals surface area contributed by atoms with Gasteiger partial charge in [-0.15, -0.1) is 0 Å². The molecule has 0 N–H and O–H groups in total. The second kappa shape index (κ2) is 8.56. The van der Waals surface area contributed by atoms with Gasteiger partial charge in [-0.1, -0.05) is 18.2 Å². The van der Waals surface area contributed by atoms with Gasteiger partial charge in [0.25, 0.3) is 0 Å². The van der Waals surface area contributed by atoms with E-state index in [1.54, 1.807) is 11.2 Å². The highest BCUT2D eigenvalue weighted by atomic mass is 32.2. The Morgan fingerprint density at radius 1 is 1.12 bits per heavy atom. The minimum atomic E-state index is -4.13. The lowest BCUT2D eigenvalue weighted by molar-refractivity contribution is -0.698. The molecule has 0 spiro atoms.